The number of carbonyl (C=O) groups excluding carboxylic acids is 3. The number of hydrogen-bond acceptors (Lipinski definition) is 5. The van der Waals surface area contributed by atoms with Gasteiger partial charge in [0.15, 0.2) is 0 Å². The molecule has 4 rings (SSSR count). The number of benzene rings is 1. The van der Waals surface area contributed by atoms with Crippen LogP contribution in [0.15, 0.2) is 42.6 Å². The molecule has 9 nitrogen and oxygen atoms in total. The molecule has 0 aliphatic carbocycles. The van der Waals surface area contributed by atoms with Crippen LogP contribution in [-0.4, -0.2) is 51.9 Å². The van der Waals surface area contributed by atoms with Crippen molar-refractivity contribution in [2.75, 3.05) is 4.90 Å². The Bertz CT molecular complexity index is 1100. The fraction of sp³-hybridized carbons (Fsp3) is 0.375. The number of nitrogens with zero attached hydrogens (tertiary/aromatic N) is 2. The van der Waals surface area contributed by atoms with E-state index in [9.17, 15) is 24.3 Å². The van der Waals surface area contributed by atoms with Gasteiger partial charge in [-0.1, -0.05) is 38.1 Å². The summed E-state index contributed by atoms with van der Waals surface area (Å²) in [5.41, 5.74) is 2.55. The Morgan fingerprint density at radius 2 is 1.88 bits per heavy atom. The van der Waals surface area contributed by atoms with Gasteiger partial charge < -0.3 is 15.7 Å². The number of nitrogens with one attached hydrogen (secondary N) is 2. The number of para-hydroxylation sites is 1. The molecule has 2 aliphatic heterocycles. The van der Waals surface area contributed by atoms with Crippen LogP contribution < -0.4 is 15.5 Å². The smallest absolute Gasteiger partial charge is 0.327 e. The maximum atomic E-state index is 13.4. The number of hydrogen-bond donors (Lipinski definition) is 3. The Balaban J connectivity index is 1.54. The second-order valence-electron chi connectivity index (χ2n) is 8.70. The topological polar surface area (TPSA) is 129 Å². The maximum absolute atomic E-state index is 13.4. The second kappa shape index (κ2) is 9.01. The predicted molar refractivity (Wildman–Crippen MR) is 120 cm³/mol. The third kappa shape index (κ3) is 4.30. The van der Waals surface area contributed by atoms with Crippen LogP contribution >= 0.6 is 0 Å². The second-order valence-corrected chi connectivity index (χ2v) is 8.70. The van der Waals surface area contributed by atoms with E-state index in [-0.39, 0.29) is 18.0 Å². The Morgan fingerprint density at radius 3 is 2.55 bits per heavy atom. The first-order valence-electron chi connectivity index (χ1n) is 11.0. The van der Waals surface area contributed by atoms with Crippen molar-refractivity contribution in [1.29, 1.82) is 0 Å². The number of rotatable bonds is 6. The van der Waals surface area contributed by atoms with Crippen molar-refractivity contribution in [3.05, 3.63) is 59.4 Å². The first-order chi connectivity index (χ1) is 15.8. The molecule has 0 fully saturated rings. The molecular weight excluding hydrogens is 424 g/mol. The lowest BCUT2D eigenvalue weighted by Gasteiger charge is -2.28. The summed E-state index contributed by atoms with van der Waals surface area (Å²) in [7, 11) is 0. The van der Waals surface area contributed by atoms with Crippen molar-refractivity contribution in [2.45, 2.75) is 51.2 Å². The summed E-state index contributed by atoms with van der Waals surface area (Å²) in [5, 5.41) is 15.2. The highest BCUT2D eigenvalue weighted by molar-refractivity contribution is 6.07. The molecule has 0 saturated carbocycles. The molecule has 3 N–H and O–H groups in total. The summed E-state index contributed by atoms with van der Waals surface area (Å²) in [5.74, 6) is -2.76. The SMILES string of the molecule is CC(C)[C@H](NC(=O)c1ccccn1)C(=O)N[C@H]1CCc2cccc3c2N(C1=O)[C@H](C(=O)O)C3. The van der Waals surface area contributed by atoms with Crippen LogP contribution in [0, 0.1) is 5.92 Å². The predicted octanol–water partition coefficient (Wildman–Crippen LogP) is 1.31. The lowest BCUT2D eigenvalue weighted by Crippen LogP contribution is -2.57. The van der Waals surface area contributed by atoms with Gasteiger partial charge in [0, 0.05) is 12.6 Å². The Kier molecular flexibility index (Phi) is 6.13. The summed E-state index contributed by atoms with van der Waals surface area (Å²) in [6.07, 6.45) is 2.59. The van der Waals surface area contributed by atoms with Crippen LogP contribution in [-0.2, 0) is 27.2 Å². The zero-order chi connectivity index (χ0) is 23.7. The highest BCUT2D eigenvalue weighted by atomic mass is 16.4. The zero-order valence-corrected chi connectivity index (χ0v) is 18.4. The highest BCUT2D eigenvalue weighted by Crippen LogP contribution is 2.39. The third-order valence-electron chi connectivity index (χ3n) is 6.14. The summed E-state index contributed by atoms with van der Waals surface area (Å²) >= 11 is 0. The lowest BCUT2D eigenvalue weighted by atomic mass is 10.00. The lowest BCUT2D eigenvalue weighted by molar-refractivity contribution is -0.140. The average Bonchev–Trinajstić information content (AvgIpc) is 3.14. The Hall–Kier alpha value is -3.75. The van der Waals surface area contributed by atoms with E-state index in [1.165, 1.54) is 11.1 Å². The van der Waals surface area contributed by atoms with Gasteiger partial charge in [0.1, 0.15) is 23.8 Å². The van der Waals surface area contributed by atoms with Crippen LogP contribution in [0.3, 0.4) is 0 Å². The summed E-state index contributed by atoms with van der Waals surface area (Å²) in [4.78, 5) is 56.3. The van der Waals surface area contributed by atoms with E-state index in [0.717, 1.165) is 11.1 Å². The molecule has 1 aromatic heterocycles. The minimum atomic E-state index is -1.08. The number of aromatic nitrogens is 1. The summed E-state index contributed by atoms with van der Waals surface area (Å²) in [6.45, 7) is 3.59. The first-order valence-corrected chi connectivity index (χ1v) is 11.0. The number of aliphatic carboxylic acids is 1. The van der Waals surface area contributed by atoms with Crippen molar-refractivity contribution in [1.82, 2.24) is 15.6 Å². The molecule has 0 unspecified atom stereocenters. The molecule has 2 aliphatic rings. The molecule has 9 heteroatoms. The van der Waals surface area contributed by atoms with Gasteiger partial charge in [0.05, 0.1) is 5.69 Å². The molecule has 0 radical (unpaired) electrons. The average molecular weight is 450 g/mol. The number of carboxylic acids is 1. The van der Waals surface area contributed by atoms with E-state index in [0.29, 0.717) is 18.5 Å². The van der Waals surface area contributed by atoms with E-state index in [1.807, 2.05) is 18.2 Å². The molecule has 172 valence electrons. The number of amides is 3. The van der Waals surface area contributed by atoms with Crippen molar-refractivity contribution in [3.63, 3.8) is 0 Å². The van der Waals surface area contributed by atoms with Crippen molar-refractivity contribution >= 4 is 29.4 Å². The molecule has 0 spiro atoms. The minimum absolute atomic E-state index is 0.186. The Morgan fingerprint density at radius 1 is 1.12 bits per heavy atom. The molecular formula is C24H26N4O5. The zero-order valence-electron chi connectivity index (χ0n) is 18.4. The van der Waals surface area contributed by atoms with E-state index in [4.69, 9.17) is 0 Å². The number of carboxylic acid groups (broad SMARTS) is 1. The largest absolute Gasteiger partial charge is 0.480 e. The summed E-state index contributed by atoms with van der Waals surface area (Å²) in [6, 6.07) is 7.71. The third-order valence-corrected chi connectivity index (χ3v) is 6.14. The van der Waals surface area contributed by atoms with Crippen molar-refractivity contribution in [3.8, 4) is 0 Å². The van der Waals surface area contributed by atoms with E-state index < -0.39 is 41.8 Å². The number of pyridine rings is 1. The fourth-order valence-corrected chi connectivity index (χ4v) is 4.47. The molecule has 0 saturated heterocycles. The molecule has 0 bridgehead atoms. The number of anilines is 1. The highest BCUT2D eigenvalue weighted by Gasteiger charge is 2.44. The van der Waals surface area contributed by atoms with Crippen LogP contribution in [0.5, 0.6) is 0 Å². The summed E-state index contributed by atoms with van der Waals surface area (Å²) < 4.78 is 0. The van der Waals surface area contributed by atoms with Crippen LogP contribution in [0.2, 0.25) is 0 Å². The monoisotopic (exact) mass is 450 g/mol. The van der Waals surface area contributed by atoms with Gasteiger partial charge in [0.25, 0.3) is 5.91 Å². The van der Waals surface area contributed by atoms with Crippen LogP contribution in [0.1, 0.15) is 41.9 Å². The van der Waals surface area contributed by atoms with E-state index in [2.05, 4.69) is 15.6 Å². The minimum Gasteiger partial charge on any atom is -0.480 e. The van der Waals surface area contributed by atoms with Gasteiger partial charge in [-0.2, -0.15) is 0 Å². The van der Waals surface area contributed by atoms with Gasteiger partial charge in [-0.3, -0.25) is 24.3 Å². The molecule has 1 aromatic carbocycles. The van der Waals surface area contributed by atoms with Crippen molar-refractivity contribution in [2.24, 2.45) is 5.92 Å². The maximum Gasteiger partial charge on any atom is 0.327 e. The number of carbonyl (C=O) groups is 4. The van der Waals surface area contributed by atoms with Gasteiger partial charge in [0.2, 0.25) is 11.8 Å². The number of aryl methyl sites for hydroxylation is 1. The quantitative estimate of drug-likeness (QED) is 0.609. The molecule has 3 amide bonds. The van der Waals surface area contributed by atoms with Gasteiger partial charge in [-0.25, -0.2) is 4.79 Å². The van der Waals surface area contributed by atoms with Gasteiger partial charge in [-0.15, -0.1) is 0 Å². The molecule has 2 aromatic rings. The molecule has 3 atom stereocenters. The van der Waals surface area contributed by atoms with Gasteiger partial charge in [-0.05, 0) is 42.0 Å². The first kappa shape index (κ1) is 22.4. The van der Waals surface area contributed by atoms with E-state index >= 15 is 0 Å². The van der Waals surface area contributed by atoms with E-state index in [1.54, 1.807) is 32.0 Å². The standard InChI is InChI=1S/C24H26N4O5/c1-13(2)19(27-21(29)16-8-3-4-11-25-16)22(30)26-17-10-9-14-6-5-7-15-12-18(24(32)33)28(20(14)15)23(17)31/h3-8,11,13,17-19H,9-10,12H2,1-2H3,(H,26,30)(H,27,29)(H,32,33)/t17-,18-,19-/m0/s1. The molecule has 33 heavy (non-hydrogen) atoms. The fourth-order valence-electron chi connectivity index (χ4n) is 4.47. The Labute approximate surface area is 191 Å². The molecule has 3 heterocycles. The van der Waals surface area contributed by atoms with Crippen molar-refractivity contribution < 1.29 is 24.3 Å². The van der Waals surface area contributed by atoms with Crippen LogP contribution in [0.4, 0.5) is 5.69 Å². The normalized spacial score (nSPS) is 20.1. The van der Waals surface area contributed by atoms with Gasteiger partial charge >= 0.3 is 5.97 Å². The van der Waals surface area contributed by atoms with Crippen LogP contribution in [0.25, 0.3) is 0 Å².